The van der Waals surface area contributed by atoms with Gasteiger partial charge in [-0.2, -0.15) is 0 Å². The fourth-order valence-corrected chi connectivity index (χ4v) is 2.83. The Labute approximate surface area is 90.6 Å². The molecule has 15 heavy (non-hydrogen) atoms. The number of hydrogen-bond acceptors (Lipinski definition) is 3. The molecule has 2 heterocycles. The number of rotatable bonds is 2. The molecule has 0 amide bonds. The summed E-state index contributed by atoms with van der Waals surface area (Å²) < 4.78 is 0. The Bertz CT molecular complexity index is 231. The van der Waals surface area contributed by atoms with Crippen LogP contribution in [0.4, 0.5) is 0 Å². The van der Waals surface area contributed by atoms with Crippen LogP contribution in [0, 0.1) is 0 Å². The van der Waals surface area contributed by atoms with Gasteiger partial charge in [0, 0.05) is 0 Å². The topological polar surface area (TPSA) is 52.6 Å². The van der Waals surface area contributed by atoms with Crippen LogP contribution in [0.1, 0.15) is 32.1 Å². The summed E-state index contributed by atoms with van der Waals surface area (Å²) in [6.07, 6.45) is 5.07. The van der Waals surface area contributed by atoms with Gasteiger partial charge in [0.2, 0.25) is 0 Å². The van der Waals surface area contributed by atoms with Crippen LogP contribution >= 0.6 is 0 Å². The molecule has 0 aromatic heterocycles. The van der Waals surface area contributed by atoms with E-state index in [1.54, 1.807) is 0 Å². The van der Waals surface area contributed by atoms with Crippen LogP contribution in [-0.4, -0.2) is 47.7 Å². The van der Waals surface area contributed by atoms with E-state index in [1.807, 2.05) is 0 Å². The van der Waals surface area contributed by atoms with Gasteiger partial charge in [0.1, 0.15) is 5.54 Å². The lowest BCUT2D eigenvalue weighted by atomic mass is 9.85. The molecule has 86 valence electrons. The fourth-order valence-electron chi connectivity index (χ4n) is 2.83. The molecular weight excluding hydrogens is 192 g/mol. The zero-order valence-corrected chi connectivity index (χ0v) is 9.17. The molecule has 0 aromatic rings. The molecule has 2 aliphatic rings. The van der Waals surface area contributed by atoms with Crippen molar-refractivity contribution < 1.29 is 9.90 Å². The van der Waals surface area contributed by atoms with Crippen molar-refractivity contribution in [2.75, 3.05) is 26.2 Å². The molecular formula is C11H20N2O2. The first-order valence-corrected chi connectivity index (χ1v) is 5.95. The van der Waals surface area contributed by atoms with Crippen molar-refractivity contribution >= 4 is 5.97 Å². The van der Waals surface area contributed by atoms with E-state index in [0.29, 0.717) is 0 Å². The third-order valence-electron chi connectivity index (χ3n) is 3.79. The highest BCUT2D eigenvalue weighted by atomic mass is 16.4. The van der Waals surface area contributed by atoms with Gasteiger partial charge in [-0.05, 0) is 51.9 Å². The molecule has 2 aliphatic heterocycles. The van der Waals surface area contributed by atoms with Crippen LogP contribution in [0.2, 0.25) is 0 Å². The standard InChI is InChI=1S/C11H20N2O2/c14-10(15)11(4-6-12-7-5-11)13-8-2-1-3-9-13/h12H,1-9H2,(H,14,15). The maximum atomic E-state index is 11.5. The molecule has 0 aromatic carbocycles. The van der Waals surface area contributed by atoms with Gasteiger partial charge in [-0.3, -0.25) is 9.69 Å². The molecule has 0 radical (unpaired) electrons. The van der Waals surface area contributed by atoms with E-state index < -0.39 is 11.5 Å². The Morgan fingerprint density at radius 3 is 2.27 bits per heavy atom. The zero-order valence-electron chi connectivity index (χ0n) is 9.17. The highest BCUT2D eigenvalue weighted by Crippen LogP contribution is 2.29. The first-order chi connectivity index (χ1) is 7.26. The van der Waals surface area contributed by atoms with Gasteiger partial charge in [0.15, 0.2) is 0 Å². The largest absolute Gasteiger partial charge is 0.480 e. The van der Waals surface area contributed by atoms with Crippen molar-refractivity contribution in [1.82, 2.24) is 10.2 Å². The van der Waals surface area contributed by atoms with E-state index in [4.69, 9.17) is 0 Å². The first kappa shape index (κ1) is 10.9. The van der Waals surface area contributed by atoms with Gasteiger partial charge in [-0.25, -0.2) is 0 Å². The molecule has 2 fully saturated rings. The zero-order chi connectivity index (χ0) is 10.7. The average molecular weight is 212 g/mol. The molecule has 2 N–H and O–H groups in total. The van der Waals surface area contributed by atoms with E-state index in [1.165, 1.54) is 6.42 Å². The van der Waals surface area contributed by atoms with Crippen LogP contribution in [0.25, 0.3) is 0 Å². The monoisotopic (exact) mass is 212 g/mol. The average Bonchev–Trinajstić information content (AvgIpc) is 2.31. The van der Waals surface area contributed by atoms with Gasteiger partial charge in [0.05, 0.1) is 0 Å². The van der Waals surface area contributed by atoms with E-state index in [2.05, 4.69) is 10.2 Å². The molecule has 2 rings (SSSR count). The number of likely N-dealkylation sites (tertiary alicyclic amines) is 1. The highest BCUT2D eigenvalue weighted by molar-refractivity contribution is 5.79. The lowest BCUT2D eigenvalue weighted by molar-refractivity contribution is -0.154. The number of aliphatic carboxylic acids is 1. The minimum Gasteiger partial charge on any atom is -0.480 e. The minimum atomic E-state index is -0.620. The molecule has 0 spiro atoms. The van der Waals surface area contributed by atoms with Gasteiger partial charge in [0.25, 0.3) is 0 Å². The summed E-state index contributed by atoms with van der Waals surface area (Å²) in [6.45, 7) is 3.60. The van der Waals surface area contributed by atoms with Crippen molar-refractivity contribution in [1.29, 1.82) is 0 Å². The summed E-state index contributed by atoms with van der Waals surface area (Å²) in [7, 11) is 0. The van der Waals surface area contributed by atoms with E-state index in [9.17, 15) is 9.90 Å². The number of nitrogens with zero attached hydrogens (tertiary/aromatic N) is 1. The van der Waals surface area contributed by atoms with Crippen molar-refractivity contribution in [2.24, 2.45) is 0 Å². The third kappa shape index (κ3) is 2.01. The number of piperidine rings is 2. The lowest BCUT2D eigenvalue weighted by Crippen LogP contribution is -2.60. The number of hydrogen-bond donors (Lipinski definition) is 2. The number of carbonyl (C=O) groups is 1. The molecule has 0 atom stereocenters. The lowest BCUT2D eigenvalue weighted by Gasteiger charge is -2.45. The summed E-state index contributed by atoms with van der Waals surface area (Å²) >= 11 is 0. The summed E-state index contributed by atoms with van der Waals surface area (Å²) in [5.74, 6) is -0.620. The predicted molar refractivity (Wildman–Crippen MR) is 57.9 cm³/mol. The Morgan fingerprint density at radius 2 is 1.73 bits per heavy atom. The summed E-state index contributed by atoms with van der Waals surface area (Å²) in [5.41, 5.74) is -0.564. The van der Waals surface area contributed by atoms with Crippen molar-refractivity contribution in [3.05, 3.63) is 0 Å². The van der Waals surface area contributed by atoms with Crippen molar-refractivity contribution in [3.8, 4) is 0 Å². The predicted octanol–water partition coefficient (Wildman–Crippen LogP) is 0.679. The fraction of sp³-hybridized carbons (Fsp3) is 0.909. The van der Waals surface area contributed by atoms with Gasteiger partial charge in [-0.1, -0.05) is 6.42 Å². The second kappa shape index (κ2) is 4.49. The van der Waals surface area contributed by atoms with Crippen molar-refractivity contribution in [2.45, 2.75) is 37.6 Å². The van der Waals surface area contributed by atoms with Crippen LogP contribution < -0.4 is 5.32 Å². The van der Waals surface area contributed by atoms with Crippen molar-refractivity contribution in [3.63, 3.8) is 0 Å². The highest BCUT2D eigenvalue weighted by Gasteiger charge is 2.44. The van der Waals surface area contributed by atoms with E-state index in [0.717, 1.165) is 51.9 Å². The molecule has 0 aliphatic carbocycles. The Kier molecular flexibility index (Phi) is 3.26. The molecule has 0 bridgehead atoms. The van der Waals surface area contributed by atoms with E-state index >= 15 is 0 Å². The Hall–Kier alpha value is -0.610. The third-order valence-corrected chi connectivity index (χ3v) is 3.79. The maximum absolute atomic E-state index is 11.5. The minimum absolute atomic E-state index is 0.564. The number of carboxylic acid groups (broad SMARTS) is 1. The summed E-state index contributed by atoms with van der Waals surface area (Å²) in [5, 5.41) is 12.7. The molecule has 4 heteroatoms. The molecule has 0 saturated carbocycles. The van der Waals surface area contributed by atoms with Crippen LogP contribution in [0.3, 0.4) is 0 Å². The Morgan fingerprint density at radius 1 is 1.13 bits per heavy atom. The molecule has 2 saturated heterocycles. The van der Waals surface area contributed by atoms with Crippen LogP contribution in [0.15, 0.2) is 0 Å². The Balaban J connectivity index is 2.12. The van der Waals surface area contributed by atoms with Gasteiger partial charge < -0.3 is 10.4 Å². The smallest absolute Gasteiger partial charge is 0.324 e. The summed E-state index contributed by atoms with van der Waals surface area (Å²) in [6, 6.07) is 0. The number of carboxylic acids is 1. The summed E-state index contributed by atoms with van der Waals surface area (Å²) in [4.78, 5) is 13.7. The van der Waals surface area contributed by atoms with Crippen LogP contribution in [-0.2, 0) is 4.79 Å². The second-order valence-electron chi connectivity index (χ2n) is 4.63. The normalized spacial score (nSPS) is 27.5. The quantitative estimate of drug-likeness (QED) is 0.706. The maximum Gasteiger partial charge on any atom is 0.324 e. The SMILES string of the molecule is O=C(O)C1(N2CCCCC2)CCNCC1. The molecule has 0 unspecified atom stereocenters. The van der Waals surface area contributed by atoms with E-state index in [-0.39, 0.29) is 0 Å². The molecule has 4 nitrogen and oxygen atoms in total. The number of nitrogens with one attached hydrogen (secondary N) is 1. The first-order valence-electron chi connectivity index (χ1n) is 5.95. The van der Waals surface area contributed by atoms with Gasteiger partial charge in [-0.15, -0.1) is 0 Å². The second-order valence-corrected chi connectivity index (χ2v) is 4.63. The van der Waals surface area contributed by atoms with Gasteiger partial charge >= 0.3 is 5.97 Å². The van der Waals surface area contributed by atoms with Crippen LogP contribution in [0.5, 0.6) is 0 Å².